The minimum atomic E-state index is -2.21. The van der Waals surface area contributed by atoms with Crippen LogP contribution in [0.5, 0.6) is 5.75 Å². The first-order valence-corrected chi connectivity index (χ1v) is 7.31. The average Bonchev–Trinajstić information content (AvgIpc) is 3.12. The van der Waals surface area contributed by atoms with E-state index in [0.29, 0.717) is 5.75 Å². The Morgan fingerprint density at radius 3 is 2.00 bits per heavy atom. The van der Waals surface area contributed by atoms with Crippen LogP contribution in [0.15, 0.2) is 30.5 Å². The first kappa shape index (κ1) is 17.7. The molecular formula is C18H11F5N2O. The third kappa shape index (κ3) is 3.17. The van der Waals surface area contributed by atoms with Gasteiger partial charge in [-0.05, 0) is 23.8 Å². The predicted octanol–water partition coefficient (Wildman–Crippen LogP) is 4.95. The molecule has 0 bridgehead atoms. The van der Waals surface area contributed by atoms with E-state index in [2.05, 4.69) is 9.97 Å². The van der Waals surface area contributed by atoms with Crippen molar-refractivity contribution in [3.63, 3.8) is 0 Å². The maximum absolute atomic E-state index is 13.8. The zero-order chi connectivity index (χ0) is 18.8. The van der Waals surface area contributed by atoms with Gasteiger partial charge >= 0.3 is 0 Å². The lowest BCUT2D eigenvalue weighted by molar-refractivity contribution is 0.381. The highest BCUT2D eigenvalue weighted by Crippen LogP contribution is 2.30. The molecule has 0 radical (unpaired) electrons. The predicted molar refractivity (Wildman–Crippen MR) is 85.7 cm³/mol. The molecule has 3 aromatic rings. The molecule has 0 saturated heterocycles. The second kappa shape index (κ2) is 6.99. The Labute approximate surface area is 144 Å². The van der Waals surface area contributed by atoms with Gasteiger partial charge in [-0.3, -0.25) is 0 Å². The molecule has 0 atom stereocenters. The lowest BCUT2D eigenvalue weighted by atomic mass is 10.1. The zero-order valence-electron chi connectivity index (χ0n) is 13.3. The van der Waals surface area contributed by atoms with Gasteiger partial charge in [-0.15, -0.1) is 0 Å². The molecule has 0 amide bonds. The number of aromatic amines is 1. The molecule has 0 aliphatic rings. The molecule has 0 aliphatic carbocycles. The van der Waals surface area contributed by atoms with Gasteiger partial charge in [0, 0.05) is 6.20 Å². The van der Waals surface area contributed by atoms with Gasteiger partial charge in [-0.25, -0.2) is 26.9 Å². The molecule has 0 saturated carbocycles. The largest absolute Gasteiger partial charge is 0.497 e. The lowest BCUT2D eigenvalue weighted by Crippen LogP contribution is -2.04. The molecule has 0 fully saturated rings. The summed E-state index contributed by atoms with van der Waals surface area (Å²) in [5, 5.41) is 0. The van der Waals surface area contributed by atoms with Gasteiger partial charge in [0.15, 0.2) is 23.3 Å². The average molecular weight is 366 g/mol. The zero-order valence-corrected chi connectivity index (χ0v) is 13.3. The molecular weight excluding hydrogens is 355 g/mol. The third-order valence-corrected chi connectivity index (χ3v) is 3.61. The van der Waals surface area contributed by atoms with E-state index < -0.39 is 40.3 Å². The second-order valence-corrected chi connectivity index (χ2v) is 5.22. The van der Waals surface area contributed by atoms with Crippen molar-refractivity contribution < 1.29 is 26.7 Å². The van der Waals surface area contributed by atoms with Gasteiger partial charge < -0.3 is 9.72 Å². The number of ether oxygens (including phenoxy) is 1. The number of rotatable bonds is 4. The van der Waals surface area contributed by atoms with Crippen LogP contribution in [0, 0.1) is 29.1 Å². The number of imidazole rings is 1. The van der Waals surface area contributed by atoms with E-state index in [1.54, 1.807) is 30.3 Å². The minimum absolute atomic E-state index is 0.180. The number of halogens is 5. The van der Waals surface area contributed by atoms with Crippen molar-refractivity contribution in [1.82, 2.24) is 9.97 Å². The second-order valence-electron chi connectivity index (χ2n) is 5.22. The summed E-state index contributed by atoms with van der Waals surface area (Å²) in [6.07, 6.45) is 4.21. The van der Waals surface area contributed by atoms with Crippen LogP contribution >= 0.6 is 0 Å². The van der Waals surface area contributed by atoms with Crippen LogP contribution < -0.4 is 4.74 Å². The third-order valence-electron chi connectivity index (χ3n) is 3.61. The van der Waals surface area contributed by atoms with E-state index in [1.165, 1.54) is 13.2 Å². The van der Waals surface area contributed by atoms with E-state index in [-0.39, 0.29) is 5.82 Å². The maximum atomic E-state index is 13.8. The molecule has 1 heterocycles. The van der Waals surface area contributed by atoms with Crippen molar-refractivity contribution in [1.29, 1.82) is 0 Å². The number of aromatic nitrogens is 2. The van der Waals surface area contributed by atoms with Gasteiger partial charge in [0.2, 0.25) is 5.82 Å². The molecule has 26 heavy (non-hydrogen) atoms. The van der Waals surface area contributed by atoms with E-state index in [1.807, 2.05) is 0 Å². The Balaban J connectivity index is 1.92. The highest BCUT2D eigenvalue weighted by molar-refractivity contribution is 5.69. The van der Waals surface area contributed by atoms with Gasteiger partial charge in [-0.2, -0.15) is 0 Å². The number of H-pyrrole nitrogens is 1. The number of nitrogens with one attached hydrogen (secondary N) is 1. The van der Waals surface area contributed by atoms with Gasteiger partial charge in [0.25, 0.3) is 0 Å². The molecule has 0 aliphatic heterocycles. The number of methoxy groups -OCH3 is 1. The summed E-state index contributed by atoms with van der Waals surface area (Å²) in [5.74, 6) is -9.25. The number of nitrogens with zero attached hydrogens (tertiary/aromatic N) is 1. The first-order chi connectivity index (χ1) is 12.4. The molecule has 134 valence electrons. The smallest absolute Gasteiger partial charge is 0.200 e. The summed E-state index contributed by atoms with van der Waals surface area (Å²) in [4.78, 5) is 6.47. The van der Waals surface area contributed by atoms with Crippen LogP contribution in [0.2, 0.25) is 0 Å². The summed E-state index contributed by atoms with van der Waals surface area (Å²) in [6.45, 7) is 0. The molecule has 0 spiro atoms. The molecule has 2 aromatic carbocycles. The molecule has 1 N–H and O–H groups in total. The van der Waals surface area contributed by atoms with Crippen LogP contribution in [-0.2, 0) is 0 Å². The Kier molecular flexibility index (Phi) is 4.75. The number of hydrogen-bond acceptors (Lipinski definition) is 2. The Morgan fingerprint density at radius 2 is 1.42 bits per heavy atom. The summed E-state index contributed by atoms with van der Waals surface area (Å²) in [7, 11) is 1.54. The molecule has 1 aromatic heterocycles. The monoisotopic (exact) mass is 366 g/mol. The van der Waals surface area contributed by atoms with Crippen LogP contribution in [0.1, 0.15) is 11.4 Å². The fourth-order valence-corrected chi connectivity index (χ4v) is 2.27. The van der Waals surface area contributed by atoms with Crippen LogP contribution in [0.3, 0.4) is 0 Å². The molecule has 0 unspecified atom stereocenters. The highest BCUT2D eigenvalue weighted by Gasteiger charge is 2.27. The van der Waals surface area contributed by atoms with E-state index in [4.69, 9.17) is 4.74 Å². The fraction of sp³-hybridized carbons (Fsp3) is 0.0556. The van der Waals surface area contributed by atoms with Gasteiger partial charge in [0.1, 0.15) is 11.6 Å². The Bertz CT molecular complexity index is 951. The molecule has 3 nitrogen and oxygen atoms in total. The van der Waals surface area contributed by atoms with Gasteiger partial charge in [-0.1, -0.05) is 18.2 Å². The SMILES string of the molecule is COc1ccc(/C=C/c2nc(-c3c(F)c(F)c(F)c(F)c3F)c[nH]2)cc1. The van der Waals surface area contributed by atoms with E-state index >= 15 is 0 Å². The van der Waals surface area contributed by atoms with Crippen molar-refractivity contribution in [3.8, 4) is 17.0 Å². The standard InChI is InChI=1S/C18H11F5N2O/c1-26-10-5-2-9(3-6-10)4-7-12-24-8-11(25-12)13-14(19)16(21)18(23)17(22)15(13)20/h2-8H,1H3,(H,24,25)/b7-4+. The molecule has 8 heteroatoms. The summed E-state index contributed by atoms with van der Waals surface area (Å²) < 4.78 is 72.4. The normalized spacial score (nSPS) is 11.3. The van der Waals surface area contributed by atoms with Crippen molar-refractivity contribution in [2.45, 2.75) is 0 Å². The van der Waals surface area contributed by atoms with Gasteiger partial charge in [0.05, 0.1) is 18.4 Å². The van der Waals surface area contributed by atoms with Crippen LogP contribution in [0.4, 0.5) is 22.0 Å². The van der Waals surface area contributed by atoms with Crippen molar-refractivity contribution in [3.05, 3.63) is 70.9 Å². The van der Waals surface area contributed by atoms with Crippen molar-refractivity contribution in [2.24, 2.45) is 0 Å². The fourth-order valence-electron chi connectivity index (χ4n) is 2.27. The topological polar surface area (TPSA) is 37.9 Å². The minimum Gasteiger partial charge on any atom is -0.497 e. The highest BCUT2D eigenvalue weighted by atomic mass is 19.2. The van der Waals surface area contributed by atoms with Crippen LogP contribution in [0.25, 0.3) is 23.4 Å². The number of benzene rings is 2. The lowest BCUT2D eigenvalue weighted by Gasteiger charge is -2.05. The van der Waals surface area contributed by atoms with Crippen molar-refractivity contribution >= 4 is 12.2 Å². The Hall–Kier alpha value is -3.16. The summed E-state index contributed by atoms with van der Waals surface area (Å²) in [6, 6.07) is 7.01. The van der Waals surface area contributed by atoms with E-state index in [9.17, 15) is 22.0 Å². The van der Waals surface area contributed by atoms with Crippen LogP contribution in [-0.4, -0.2) is 17.1 Å². The quantitative estimate of drug-likeness (QED) is 0.403. The number of hydrogen-bond donors (Lipinski definition) is 1. The summed E-state index contributed by atoms with van der Waals surface area (Å²) >= 11 is 0. The molecule has 3 rings (SSSR count). The Morgan fingerprint density at radius 1 is 0.846 bits per heavy atom. The van der Waals surface area contributed by atoms with Crippen molar-refractivity contribution in [2.75, 3.05) is 7.11 Å². The summed E-state index contributed by atoms with van der Waals surface area (Å²) in [5.41, 5.74) is -0.686. The maximum Gasteiger partial charge on any atom is 0.200 e. The first-order valence-electron chi connectivity index (χ1n) is 7.31. The van der Waals surface area contributed by atoms with E-state index in [0.717, 1.165) is 11.8 Å².